The monoisotopic (exact) mass is 418 g/mol. The van der Waals surface area contributed by atoms with Crippen LogP contribution in [0.1, 0.15) is 32.2 Å². The summed E-state index contributed by atoms with van der Waals surface area (Å²) in [4.78, 5) is 29.7. The van der Waals surface area contributed by atoms with Gasteiger partial charge in [-0.05, 0) is 30.3 Å². The number of aromatic nitrogens is 2. The molecular weight excluding hydrogens is 404 g/mol. The Kier molecular flexibility index (Phi) is 5.68. The maximum Gasteiger partial charge on any atom is 0.339 e. The fraction of sp³-hybridized carbons (Fsp3) is 0.0435. The first-order chi connectivity index (χ1) is 14.6. The maximum atomic E-state index is 12.8. The van der Waals surface area contributed by atoms with Crippen molar-refractivity contribution in [1.29, 1.82) is 0 Å². The van der Waals surface area contributed by atoms with Gasteiger partial charge in [-0.2, -0.15) is 4.98 Å². The Morgan fingerprint density at radius 1 is 0.867 bits per heavy atom. The Labute approximate surface area is 177 Å². The van der Waals surface area contributed by atoms with Crippen LogP contribution in [0, 0.1) is 0 Å². The zero-order valence-corrected chi connectivity index (χ0v) is 16.4. The van der Waals surface area contributed by atoms with E-state index in [1.807, 2.05) is 30.3 Å². The summed E-state index contributed by atoms with van der Waals surface area (Å²) < 4.78 is 10.4. The minimum Gasteiger partial charge on any atom is -0.452 e. The van der Waals surface area contributed by atoms with Gasteiger partial charge in [0.15, 0.2) is 12.4 Å². The Morgan fingerprint density at radius 2 is 1.53 bits per heavy atom. The van der Waals surface area contributed by atoms with E-state index >= 15 is 0 Å². The van der Waals surface area contributed by atoms with Crippen LogP contribution in [0.3, 0.4) is 0 Å². The van der Waals surface area contributed by atoms with Crippen LogP contribution >= 0.6 is 11.6 Å². The van der Waals surface area contributed by atoms with E-state index in [1.54, 1.807) is 42.5 Å². The topological polar surface area (TPSA) is 82.3 Å². The molecule has 0 bridgehead atoms. The molecule has 0 saturated carbocycles. The SMILES string of the molecule is O=C(OCc1nc(-c2ccccc2)no1)c1ccccc1C(=O)c1ccc(Cl)cc1. The van der Waals surface area contributed by atoms with E-state index in [9.17, 15) is 9.59 Å². The van der Waals surface area contributed by atoms with Crippen LogP contribution in [0.4, 0.5) is 0 Å². The lowest BCUT2D eigenvalue weighted by Crippen LogP contribution is -2.12. The predicted molar refractivity (Wildman–Crippen MR) is 110 cm³/mol. The van der Waals surface area contributed by atoms with Gasteiger partial charge in [0.05, 0.1) is 5.56 Å². The molecule has 0 aliphatic heterocycles. The molecule has 0 aliphatic rings. The first kappa shape index (κ1) is 19.5. The molecule has 0 aliphatic carbocycles. The summed E-state index contributed by atoms with van der Waals surface area (Å²) in [6.45, 7) is -0.206. The van der Waals surface area contributed by atoms with E-state index in [2.05, 4.69) is 10.1 Å². The molecule has 148 valence electrons. The van der Waals surface area contributed by atoms with Crippen molar-refractivity contribution in [1.82, 2.24) is 10.1 Å². The molecule has 6 nitrogen and oxygen atoms in total. The normalized spacial score (nSPS) is 10.6. The van der Waals surface area contributed by atoms with Crippen molar-refractivity contribution in [2.45, 2.75) is 6.61 Å². The van der Waals surface area contributed by atoms with Crippen LogP contribution in [0.15, 0.2) is 83.4 Å². The molecule has 30 heavy (non-hydrogen) atoms. The molecule has 0 radical (unpaired) electrons. The second-order valence-corrected chi connectivity index (χ2v) is 6.77. The van der Waals surface area contributed by atoms with Gasteiger partial charge >= 0.3 is 5.97 Å². The summed E-state index contributed by atoms with van der Waals surface area (Å²) in [5, 5.41) is 4.41. The molecule has 0 spiro atoms. The molecule has 0 amide bonds. The molecule has 7 heteroatoms. The van der Waals surface area contributed by atoms with Crippen molar-refractivity contribution in [3.63, 3.8) is 0 Å². The summed E-state index contributed by atoms with van der Waals surface area (Å²) >= 11 is 5.88. The van der Waals surface area contributed by atoms with Gasteiger partial charge in [-0.1, -0.05) is 65.3 Å². The smallest absolute Gasteiger partial charge is 0.339 e. The fourth-order valence-corrected chi connectivity index (χ4v) is 2.96. The zero-order chi connectivity index (χ0) is 20.9. The number of ketones is 1. The molecule has 0 atom stereocenters. The Morgan fingerprint density at radius 3 is 2.27 bits per heavy atom. The zero-order valence-electron chi connectivity index (χ0n) is 15.6. The highest BCUT2D eigenvalue weighted by Gasteiger charge is 2.20. The third-order valence-corrected chi connectivity index (χ3v) is 4.58. The average molecular weight is 419 g/mol. The van der Waals surface area contributed by atoms with E-state index in [4.69, 9.17) is 20.9 Å². The second kappa shape index (κ2) is 8.71. The number of hydrogen-bond acceptors (Lipinski definition) is 6. The van der Waals surface area contributed by atoms with Gasteiger partial charge in [-0.3, -0.25) is 4.79 Å². The summed E-state index contributed by atoms with van der Waals surface area (Å²) in [5.41, 5.74) is 1.60. The van der Waals surface area contributed by atoms with Crippen molar-refractivity contribution in [2.24, 2.45) is 0 Å². The van der Waals surface area contributed by atoms with E-state index in [0.29, 0.717) is 16.4 Å². The lowest BCUT2D eigenvalue weighted by Gasteiger charge is -2.08. The van der Waals surface area contributed by atoms with E-state index < -0.39 is 5.97 Å². The van der Waals surface area contributed by atoms with Gasteiger partial charge < -0.3 is 9.26 Å². The van der Waals surface area contributed by atoms with Crippen LogP contribution in [0.2, 0.25) is 5.02 Å². The molecule has 0 fully saturated rings. The van der Waals surface area contributed by atoms with Gasteiger partial charge in [-0.15, -0.1) is 0 Å². The van der Waals surface area contributed by atoms with Crippen LogP contribution in [-0.4, -0.2) is 21.9 Å². The number of carbonyl (C=O) groups excluding carboxylic acids is 2. The van der Waals surface area contributed by atoms with Gasteiger partial charge in [0.1, 0.15) is 0 Å². The molecule has 1 aromatic heterocycles. The van der Waals surface area contributed by atoms with Crippen LogP contribution < -0.4 is 0 Å². The van der Waals surface area contributed by atoms with Crippen molar-refractivity contribution in [2.75, 3.05) is 0 Å². The highest BCUT2D eigenvalue weighted by molar-refractivity contribution is 6.30. The quantitative estimate of drug-likeness (QED) is 0.324. The highest BCUT2D eigenvalue weighted by Crippen LogP contribution is 2.19. The lowest BCUT2D eigenvalue weighted by molar-refractivity contribution is 0.0427. The summed E-state index contributed by atoms with van der Waals surface area (Å²) in [6, 6.07) is 22.2. The Balaban J connectivity index is 1.49. The largest absolute Gasteiger partial charge is 0.452 e. The van der Waals surface area contributed by atoms with Gasteiger partial charge in [0.25, 0.3) is 5.89 Å². The molecule has 3 aromatic carbocycles. The van der Waals surface area contributed by atoms with Gasteiger partial charge in [-0.25, -0.2) is 4.79 Å². The van der Waals surface area contributed by atoms with E-state index in [0.717, 1.165) is 5.56 Å². The molecule has 0 unspecified atom stereocenters. The van der Waals surface area contributed by atoms with Crippen molar-refractivity contribution < 1.29 is 18.8 Å². The molecule has 0 saturated heterocycles. The minimum atomic E-state index is -0.660. The first-order valence-corrected chi connectivity index (χ1v) is 9.44. The van der Waals surface area contributed by atoms with Crippen molar-refractivity contribution in [3.8, 4) is 11.4 Å². The number of benzene rings is 3. The number of carbonyl (C=O) groups is 2. The van der Waals surface area contributed by atoms with Crippen LogP contribution in [0.5, 0.6) is 0 Å². The fourth-order valence-electron chi connectivity index (χ4n) is 2.84. The molecular formula is C23H15ClN2O4. The number of rotatable bonds is 6. The van der Waals surface area contributed by atoms with Gasteiger partial charge in [0, 0.05) is 21.7 Å². The third-order valence-electron chi connectivity index (χ3n) is 4.32. The third kappa shape index (κ3) is 4.29. The first-order valence-electron chi connectivity index (χ1n) is 9.06. The Bertz CT molecular complexity index is 1190. The minimum absolute atomic E-state index is 0.153. The van der Waals surface area contributed by atoms with Gasteiger partial charge in [0.2, 0.25) is 5.82 Å². The number of halogens is 1. The van der Waals surface area contributed by atoms with E-state index in [-0.39, 0.29) is 29.4 Å². The molecule has 4 rings (SSSR count). The Hall–Kier alpha value is -3.77. The highest BCUT2D eigenvalue weighted by atomic mass is 35.5. The van der Waals surface area contributed by atoms with Crippen molar-refractivity contribution in [3.05, 3.63) is 106 Å². The van der Waals surface area contributed by atoms with Crippen LogP contribution in [-0.2, 0) is 11.3 Å². The number of nitrogens with zero attached hydrogens (tertiary/aromatic N) is 2. The number of esters is 1. The van der Waals surface area contributed by atoms with E-state index in [1.165, 1.54) is 6.07 Å². The lowest BCUT2D eigenvalue weighted by atomic mass is 9.98. The summed E-state index contributed by atoms with van der Waals surface area (Å²) in [6.07, 6.45) is 0. The average Bonchev–Trinajstić information content (AvgIpc) is 3.27. The second-order valence-electron chi connectivity index (χ2n) is 6.34. The molecule has 4 aromatic rings. The van der Waals surface area contributed by atoms with Crippen LogP contribution in [0.25, 0.3) is 11.4 Å². The predicted octanol–water partition coefficient (Wildman–Crippen LogP) is 4.98. The molecule has 0 N–H and O–H groups in total. The number of hydrogen-bond donors (Lipinski definition) is 0. The summed E-state index contributed by atoms with van der Waals surface area (Å²) in [5.74, 6) is -0.403. The number of ether oxygens (including phenoxy) is 1. The van der Waals surface area contributed by atoms with Crippen molar-refractivity contribution >= 4 is 23.4 Å². The maximum absolute atomic E-state index is 12.8. The summed E-state index contributed by atoms with van der Waals surface area (Å²) in [7, 11) is 0. The molecule has 1 heterocycles. The standard InChI is InChI=1S/C23H15ClN2O4/c24-17-12-10-15(11-13-17)21(27)18-8-4-5-9-19(18)23(28)29-14-20-25-22(26-30-20)16-6-2-1-3-7-16/h1-13H,14H2.